The number of allylic oxidation sites excluding steroid dienone is 1. The van der Waals surface area contributed by atoms with Crippen molar-refractivity contribution in [2.45, 2.75) is 6.42 Å². The average Bonchev–Trinajstić information content (AvgIpc) is 2.68. The molecule has 0 bridgehead atoms. The van der Waals surface area contributed by atoms with Crippen LogP contribution in [0.25, 0.3) is 6.08 Å². The number of carbonyl (C=O) groups excluding carboxylic acids is 1. The molecule has 0 atom stereocenters. The zero-order valence-electron chi connectivity index (χ0n) is 9.56. The fraction of sp³-hybridized carbons (Fsp3) is 0.0667. The number of aromatic nitrogens is 1. The fourth-order valence-corrected chi connectivity index (χ4v) is 2.32. The Bertz CT molecular complexity index is 647. The van der Waals surface area contributed by atoms with E-state index in [1.807, 2.05) is 30.3 Å². The van der Waals surface area contributed by atoms with Gasteiger partial charge in [0, 0.05) is 35.0 Å². The Morgan fingerprint density at radius 1 is 1.17 bits per heavy atom. The summed E-state index contributed by atoms with van der Waals surface area (Å²) in [6.07, 6.45) is 6.03. The number of fused-ring (bicyclic) bond motifs is 1. The van der Waals surface area contributed by atoms with Gasteiger partial charge >= 0.3 is 0 Å². The van der Waals surface area contributed by atoms with E-state index in [9.17, 15) is 4.79 Å². The summed E-state index contributed by atoms with van der Waals surface area (Å²) in [5.41, 5.74) is 3.57. The zero-order chi connectivity index (χ0) is 12.5. The molecule has 88 valence electrons. The number of Topliss-reactive ketones (excluding diaryl/α,β-unsaturated/α-hetero) is 1. The van der Waals surface area contributed by atoms with Gasteiger partial charge in [0.1, 0.15) is 0 Å². The standard InChI is InChI=1S/C15H10ClNO/c16-13-2-1-11-8-12(15(18)14(11)9-13)7-10-3-5-17-6-4-10/h1-7,9H,8H2. The molecule has 0 saturated carbocycles. The lowest BCUT2D eigenvalue weighted by atomic mass is 10.1. The summed E-state index contributed by atoms with van der Waals surface area (Å²) in [5.74, 6) is 0.0734. The molecule has 0 saturated heterocycles. The van der Waals surface area contributed by atoms with Crippen molar-refractivity contribution in [2.24, 2.45) is 0 Å². The highest BCUT2D eigenvalue weighted by Crippen LogP contribution is 2.29. The van der Waals surface area contributed by atoms with Gasteiger partial charge < -0.3 is 0 Å². The second-order valence-electron chi connectivity index (χ2n) is 4.26. The van der Waals surface area contributed by atoms with Gasteiger partial charge in [-0.2, -0.15) is 0 Å². The van der Waals surface area contributed by atoms with Gasteiger partial charge in [-0.1, -0.05) is 17.7 Å². The van der Waals surface area contributed by atoms with Gasteiger partial charge in [0.2, 0.25) is 0 Å². The molecular weight excluding hydrogens is 246 g/mol. The maximum Gasteiger partial charge on any atom is 0.189 e. The van der Waals surface area contributed by atoms with Gasteiger partial charge in [-0.05, 0) is 41.5 Å². The number of halogens is 1. The van der Waals surface area contributed by atoms with E-state index >= 15 is 0 Å². The molecule has 1 aliphatic rings. The monoisotopic (exact) mass is 255 g/mol. The fourth-order valence-electron chi connectivity index (χ4n) is 2.15. The van der Waals surface area contributed by atoms with E-state index in [-0.39, 0.29) is 5.78 Å². The van der Waals surface area contributed by atoms with Crippen molar-refractivity contribution in [2.75, 3.05) is 0 Å². The first kappa shape index (κ1) is 11.2. The second-order valence-corrected chi connectivity index (χ2v) is 4.69. The lowest BCUT2D eigenvalue weighted by Crippen LogP contribution is -1.95. The highest BCUT2D eigenvalue weighted by molar-refractivity contribution is 6.31. The number of hydrogen-bond acceptors (Lipinski definition) is 2. The molecule has 2 nitrogen and oxygen atoms in total. The maximum absolute atomic E-state index is 12.2. The Labute approximate surface area is 110 Å². The maximum atomic E-state index is 12.2. The topological polar surface area (TPSA) is 30.0 Å². The lowest BCUT2D eigenvalue weighted by molar-refractivity contribution is 0.104. The van der Waals surface area contributed by atoms with Crippen LogP contribution in [0.15, 0.2) is 48.3 Å². The van der Waals surface area contributed by atoms with Crippen LogP contribution in [0, 0.1) is 0 Å². The van der Waals surface area contributed by atoms with Crippen molar-refractivity contribution >= 4 is 23.5 Å². The van der Waals surface area contributed by atoms with Crippen LogP contribution in [0.5, 0.6) is 0 Å². The third-order valence-corrected chi connectivity index (χ3v) is 3.27. The minimum Gasteiger partial charge on any atom is -0.289 e. The summed E-state index contributed by atoms with van der Waals surface area (Å²) < 4.78 is 0. The number of benzene rings is 1. The van der Waals surface area contributed by atoms with E-state index in [0.29, 0.717) is 11.4 Å². The van der Waals surface area contributed by atoms with E-state index in [0.717, 1.165) is 22.3 Å². The highest BCUT2D eigenvalue weighted by Gasteiger charge is 2.24. The van der Waals surface area contributed by atoms with Gasteiger partial charge in [0.15, 0.2) is 5.78 Å². The average molecular weight is 256 g/mol. The van der Waals surface area contributed by atoms with Gasteiger partial charge in [0.25, 0.3) is 0 Å². The number of rotatable bonds is 1. The van der Waals surface area contributed by atoms with E-state index in [4.69, 9.17) is 11.6 Å². The van der Waals surface area contributed by atoms with Gasteiger partial charge in [-0.15, -0.1) is 0 Å². The number of carbonyl (C=O) groups is 1. The van der Waals surface area contributed by atoms with E-state index in [1.165, 1.54) is 0 Å². The molecule has 0 amide bonds. The summed E-state index contributed by atoms with van der Waals surface area (Å²) in [7, 11) is 0. The molecule has 1 aromatic carbocycles. The minimum atomic E-state index is 0.0734. The largest absolute Gasteiger partial charge is 0.289 e. The number of hydrogen-bond donors (Lipinski definition) is 0. The quantitative estimate of drug-likeness (QED) is 0.730. The van der Waals surface area contributed by atoms with Crippen LogP contribution in [0.3, 0.4) is 0 Å². The van der Waals surface area contributed by atoms with E-state index in [1.54, 1.807) is 18.5 Å². The Morgan fingerprint density at radius 2 is 1.94 bits per heavy atom. The summed E-state index contributed by atoms with van der Waals surface area (Å²) in [4.78, 5) is 16.2. The lowest BCUT2D eigenvalue weighted by Gasteiger charge is -1.96. The SMILES string of the molecule is O=C1C(=Cc2ccncc2)Cc2ccc(Cl)cc21. The first-order chi connectivity index (χ1) is 8.74. The first-order valence-corrected chi connectivity index (χ1v) is 6.05. The van der Waals surface area contributed by atoms with Gasteiger partial charge in [-0.25, -0.2) is 0 Å². The molecule has 2 aromatic rings. The van der Waals surface area contributed by atoms with Crippen LogP contribution in [0.2, 0.25) is 5.02 Å². The smallest absolute Gasteiger partial charge is 0.189 e. The Morgan fingerprint density at radius 3 is 2.72 bits per heavy atom. The van der Waals surface area contributed by atoms with Crippen LogP contribution < -0.4 is 0 Å². The van der Waals surface area contributed by atoms with Crippen LogP contribution in [-0.2, 0) is 6.42 Å². The first-order valence-electron chi connectivity index (χ1n) is 5.68. The van der Waals surface area contributed by atoms with E-state index in [2.05, 4.69) is 4.98 Å². The number of nitrogens with zero attached hydrogens (tertiary/aromatic N) is 1. The second kappa shape index (κ2) is 4.39. The number of ketones is 1. The summed E-state index contributed by atoms with van der Waals surface area (Å²) in [6.45, 7) is 0. The molecule has 0 aliphatic heterocycles. The summed E-state index contributed by atoms with van der Waals surface area (Å²) >= 11 is 5.92. The molecular formula is C15H10ClNO. The third-order valence-electron chi connectivity index (χ3n) is 3.04. The van der Waals surface area contributed by atoms with Crippen molar-refractivity contribution in [3.63, 3.8) is 0 Å². The molecule has 3 heteroatoms. The van der Waals surface area contributed by atoms with Crippen molar-refractivity contribution in [3.8, 4) is 0 Å². The Balaban J connectivity index is 2.00. The van der Waals surface area contributed by atoms with Crippen LogP contribution in [-0.4, -0.2) is 10.8 Å². The summed E-state index contributed by atoms with van der Waals surface area (Å²) in [6, 6.07) is 9.26. The predicted octanol–water partition coefficient (Wildman–Crippen LogP) is 3.56. The zero-order valence-corrected chi connectivity index (χ0v) is 10.3. The minimum absolute atomic E-state index is 0.0734. The highest BCUT2D eigenvalue weighted by atomic mass is 35.5. The molecule has 0 N–H and O–H groups in total. The Hall–Kier alpha value is -1.93. The molecule has 1 aliphatic carbocycles. The van der Waals surface area contributed by atoms with Crippen LogP contribution in [0.1, 0.15) is 21.5 Å². The molecule has 0 unspecified atom stereocenters. The number of pyridine rings is 1. The predicted molar refractivity (Wildman–Crippen MR) is 71.7 cm³/mol. The molecule has 18 heavy (non-hydrogen) atoms. The molecule has 3 rings (SSSR count). The van der Waals surface area contributed by atoms with Crippen molar-refractivity contribution < 1.29 is 4.79 Å². The normalized spacial score (nSPS) is 16.1. The van der Waals surface area contributed by atoms with Crippen LogP contribution >= 0.6 is 11.6 Å². The van der Waals surface area contributed by atoms with Crippen molar-refractivity contribution in [3.05, 3.63) is 70.0 Å². The molecule has 0 radical (unpaired) electrons. The summed E-state index contributed by atoms with van der Waals surface area (Å²) in [5, 5.41) is 0.604. The third kappa shape index (κ3) is 1.95. The van der Waals surface area contributed by atoms with Gasteiger partial charge in [-0.3, -0.25) is 9.78 Å². The van der Waals surface area contributed by atoms with Crippen LogP contribution in [0.4, 0.5) is 0 Å². The van der Waals surface area contributed by atoms with E-state index < -0.39 is 0 Å². The van der Waals surface area contributed by atoms with Crippen molar-refractivity contribution in [1.29, 1.82) is 0 Å². The Kier molecular flexibility index (Phi) is 2.73. The molecule has 0 fully saturated rings. The van der Waals surface area contributed by atoms with Crippen molar-refractivity contribution in [1.82, 2.24) is 4.98 Å². The molecule has 1 aromatic heterocycles. The van der Waals surface area contributed by atoms with Gasteiger partial charge in [0.05, 0.1) is 0 Å². The molecule has 1 heterocycles. The molecule has 0 spiro atoms.